The van der Waals surface area contributed by atoms with Gasteiger partial charge in [0.05, 0.1) is 0 Å². The lowest BCUT2D eigenvalue weighted by Crippen LogP contribution is -2.51. The van der Waals surface area contributed by atoms with Crippen LogP contribution in [0.5, 0.6) is 0 Å². The highest BCUT2D eigenvalue weighted by molar-refractivity contribution is 7.97. The van der Waals surface area contributed by atoms with Gasteiger partial charge in [-0.25, -0.2) is 4.79 Å². The summed E-state index contributed by atoms with van der Waals surface area (Å²) in [7, 11) is 1.19. The lowest BCUT2D eigenvalue weighted by Gasteiger charge is -2.58. The zero-order chi connectivity index (χ0) is 25.6. The van der Waals surface area contributed by atoms with Crippen molar-refractivity contribution in [3.05, 3.63) is 11.6 Å². The van der Waals surface area contributed by atoms with E-state index in [0.717, 1.165) is 61.2 Å². The van der Waals surface area contributed by atoms with E-state index in [2.05, 4.69) is 45.2 Å². The third kappa shape index (κ3) is 5.20. The van der Waals surface area contributed by atoms with Gasteiger partial charge in [0.25, 0.3) is 0 Å². The van der Waals surface area contributed by atoms with E-state index in [1.165, 1.54) is 57.6 Å². The third-order valence-electron chi connectivity index (χ3n) is 11.0. The molecule has 0 aromatic rings. The SMILES string of the molecule is COP(=O)(Cl)C(=O)O[C@H]1CC[C@@]2(C)C(=CC[C@H]3[C@@H]4CC[C@H]([C@H](C)CCCC(C)C)[C@@]4(C)CC[C@@H]32)C1. The molecule has 0 spiro atoms. The Morgan fingerprint density at radius 1 is 1.11 bits per heavy atom. The van der Waals surface area contributed by atoms with Gasteiger partial charge in [-0.2, -0.15) is 0 Å². The molecule has 35 heavy (non-hydrogen) atoms. The number of allylic oxidation sites excluding steroid dienone is 1. The molecule has 4 nitrogen and oxygen atoms in total. The van der Waals surface area contributed by atoms with Gasteiger partial charge in [-0.05, 0) is 103 Å². The van der Waals surface area contributed by atoms with Gasteiger partial charge in [0.15, 0.2) is 0 Å². The number of rotatable bonds is 8. The summed E-state index contributed by atoms with van der Waals surface area (Å²) in [6.07, 6.45) is 15.6. The molecule has 3 fully saturated rings. The monoisotopic (exact) mass is 526 g/mol. The van der Waals surface area contributed by atoms with Gasteiger partial charge >= 0.3 is 12.4 Å². The van der Waals surface area contributed by atoms with Crippen LogP contribution in [0, 0.1) is 46.3 Å². The topological polar surface area (TPSA) is 52.6 Å². The molecule has 4 aliphatic rings. The molecule has 4 aliphatic carbocycles. The van der Waals surface area contributed by atoms with Crippen molar-refractivity contribution in [1.29, 1.82) is 0 Å². The molecule has 0 heterocycles. The van der Waals surface area contributed by atoms with Crippen LogP contribution in [0.4, 0.5) is 4.79 Å². The van der Waals surface area contributed by atoms with Crippen molar-refractivity contribution in [3.63, 3.8) is 0 Å². The van der Waals surface area contributed by atoms with Crippen molar-refractivity contribution in [2.24, 2.45) is 46.3 Å². The van der Waals surface area contributed by atoms with Crippen LogP contribution in [0.2, 0.25) is 0 Å². The first-order valence-corrected chi connectivity index (χ1v) is 16.7. The Morgan fingerprint density at radius 2 is 1.86 bits per heavy atom. The Balaban J connectivity index is 1.44. The molecule has 0 aromatic heterocycles. The van der Waals surface area contributed by atoms with Crippen molar-refractivity contribution >= 4 is 23.7 Å². The van der Waals surface area contributed by atoms with E-state index in [4.69, 9.17) is 16.0 Å². The summed E-state index contributed by atoms with van der Waals surface area (Å²) < 4.78 is 22.3. The molecular weight excluding hydrogens is 479 g/mol. The van der Waals surface area contributed by atoms with E-state index in [1.54, 1.807) is 0 Å². The van der Waals surface area contributed by atoms with Crippen LogP contribution < -0.4 is 0 Å². The van der Waals surface area contributed by atoms with Crippen LogP contribution in [-0.4, -0.2) is 18.9 Å². The number of ether oxygens (including phenoxy) is 1. The second kappa shape index (κ2) is 10.5. The van der Waals surface area contributed by atoms with Gasteiger partial charge in [-0.15, -0.1) is 0 Å². The predicted molar refractivity (Wildman–Crippen MR) is 144 cm³/mol. The first kappa shape index (κ1) is 27.7. The minimum atomic E-state index is -3.86. The highest BCUT2D eigenvalue weighted by Crippen LogP contribution is 2.67. The summed E-state index contributed by atoms with van der Waals surface area (Å²) >= 11 is 5.73. The number of carbonyl (C=O) groups excluding carboxylic acids is 1. The molecule has 0 saturated heterocycles. The van der Waals surface area contributed by atoms with Crippen LogP contribution in [0.15, 0.2) is 11.6 Å². The van der Waals surface area contributed by atoms with Crippen LogP contribution in [0.1, 0.15) is 105 Å². The van der Waals surface area contributed by atoms with E-state index in [9.17, 15) is 9.36 Å². The lowest BCUT2D eigenvalue weighted by molar-refractivity contribution is -0.0574. The zero-order valence-electron chi connectivity index (χ0n) is 22.9. The van der Waals surface area contributed by atoms with E-state index in [0.29, 0.717) is 5.41 Å². The predicted octanol–water partition coefficient (Wildman–Crippen LogP) is 9.61. The van der Waals surface area contributed by atoms with E-state index < -0.39 is 12.4 Å². The molecule has 4 rings (SSSR count). The second-order valence-corrected chi connectivity index (χ2v) is 16.2. The van der Waals surface area contributed by atoms with Crippen molar-refractivity contribution in [3.8, 4) is 0 Å². The fraction of sp³-hybridized carbons (Fsp3) is 0.897. The van der Waals surface area contributed by atoms with Gasteiger partial charge in [0.2, 0.25) is 0 Å². The largest absolute Gasteiger partial charge is 0.454 e. The standard InChI is InChI=1S/C29H48ClO4P/c1-19(2)8-7-9-20(3)24-12-13-25-23-11-10-21-18-22(34-27(31)35(30,32)33-6)14-16-28(21,4)26(23)15-17-29(24,25)5/h10,19-20,22-26H,7-9,11-18H2,1-6H3/t20-,22+,23+,24-,25+,26+,28+,29-,35?/m1/s1. The van der Waals surface area contributed by atoms with Gasteiger partial charge in [0, 0.05) is 13.5 Å². The van der Waals surface area contributed by atoms with E-state index in [1.807, 2.05) is 0 Å². The van der Waals surface area contributed by atoms with Crippen molar-refractivity contribution < 1.29 is 18.6 Å². The molecule has 1 unspecified atom stereocenters. The molecule has 6 heteroatoms. The fourth-order valence-corrected chi connectivity index (χ4v) is 9.58. The molecule has 0 aliphatic heterocycles. The number of hydrogen-bond acceptors (Lipinski definition) is 4. The summed E-state index contributed by atoms with van der Waals surface area (Å²) in [5, 5.41) is 0. The van der Waals surface area contributed by atoms with Crippen molar-refractivity contribution in [1.82, 2.24) is 0 Å². The molecule has 200 valence electrons. The molecule has 0 radical (unpaired) electrons. The maximum Gasteiger partial charge on any atom is 0.408 e. The normalized spacial score (nSPS) is 41.3. The minimum absolute atomic E-state index is 0.194. The van der Waals surface area contributed by atoms with Gasteiger partial charge in [-0.1, -0.05) is 65.5 Å². The van der Waals surface area contributed by atoms with E-state index in [-0.39, 0.29) is 11.5 Å². The van der Waals surface area contributed by atoms with Crippen molar-refractivity contribution in [2.45, 2.75) is 111 Å². The number of halogens is 1. The average Bonchev–Trinajstić information content (AvgIpc) is 3.16. The van der Waals surface area contributed by atoms with Crippen LogP contribution in [0.3, 0.4) is 0 Å². The third-order valence-corrected chi connectivity index (χ3v) is 12.8. The second-order valence-electron chi connectivity index (χ2n) is 13.2. The Kier molecular flexibility index (Phi) is 8.28. The Hall–Kier alpha value is -0.310. The molecule has 9 atom stereocenters. The molecule has 0 bridgehead atoms. The van der Waals surface area contributed by atoms with E-state index >= 15 is 0 Å². The highest BCUT2D eigenvalue weighted by Gasteiger charge is 2.59. The van der Waals surface area contributed by atoms with Crippen LogP contribution in [-0.2, 0) is 13.8 Å². The van der Waals surface area contributed by atoms with Crippen LogP contribution >= 0.6 is 18.0 Å². The summed E-state index contributed by atoms with van der Waals surface area (Å²) in [6, 6.07) is 0. The van der Waals surface area contributed by atoms with Gasteiger partial charge in [-0.3, -0.25) is 4.57 Å². The smallest absolute Gasteiger partial charge is 0.408 e. The Bertz CT molecular complexity index is 871. The number of carbonyl (C=O) groups is 1. The quantitative estimate of drug-likeness (QED) is 0.233. The number of hydrogen-bond donors (Lipinski definition) is 0. The number of fused-ring (bicyclic) bond motifs is 5. The van der Waals surface area contributed by atoms with Gasteiger partial charge < -0.3 is 9.26 Å². The zero-order valence-corrected chi connectivity index (χ0v) is 24.5. The lowest BCUT2D eigenvalue weighted by atomic mass is 9.47. The molecule has 0 N–H and O–H groups in total. The summed E-state index contributed by atoms with van der Waals surface area (Å²) in [5.74, 6) is 4.87. The summed E-state index contributed by atoms with van der Waals surface area (Å²) in [4.78, 5) is 12.2. The minimum Gasteiger partial charge on any atom is -0.454 e. The average molecular weight is 527 g/mol. The molecular formula is C29H48ClO4P. The van der Waals surface area contributed by atoms with Gasteiger partial charge in [0.1, 0.15) is 6.10 Å². The maximum absolute atomic E-state index is 12.2. The first-order chi connectivity index (χ1) is 16.4. The molecule has 3 saturated carbocycles. The summed E-state index contributed by atoms with van der Waals surface area (Å²) in [6.45, 7) is 8.48. The molecule has 0 aromatic carbocycles. The summed E-state index contributed by atoms with van der Waals surface area (Å²) in [5.41, 5.74) is 1.23. The maximum atomic E-state index is 12.2. The Labute approximate surface area is 218 Å². The fourth-order valence-electron chi connectivity index (χ4n) is 9.03. The molecule has 0 amide bonds. The highest BCUT2D eigenvalue weighted by atomic mass is 35.7. The first-order valence-electron chi connectivity index (χ1n) is 14.2. The van der Waals surface area contributed by atoms with Crippen LogP contribution in [0.25, 0.3) is 0 Å². The Morgan fingerprint density at radius 3 is 2.54 bits per heavy atom. The van der Waals surface area contributed by atoms with Crippen molar-refractivity contribution in [2.75, 3.05) is 7.11 Å².